The first-order valence-corrected chi connectivity index (χ1v) is 6.18. The Hall–Kier alpha value is -2.96. The molecule has 0 aliphatic heterocycles. The van der Waals surface area contributed by atoms with Gasteiger partial charge in [0.05, 0.1) is 0 Å². The zero-order valence-electron chi connectivity index (χ0n) is 11.2. The maximum absolute atomic E-state index is 12.1. The van der Waals surface area contributed by atoms with Gasteiger partial charge in [0.25, 0.3) is 5.56 Å². The number of hydrogen-bond donors (Lipinski definition) is 2. The molecule has 0 bridgehead atoms. The van der Waals surface area contributed by atoms with Crippen molar-refractivity contribution in [2.24, 2.45) is 0 Å². The molecule has 1 aromatic carbocycles. The van der Waals surface area contributed by atoms with Gasteiger partial charge in [0.1, 0.15) is 6.04 Å². The van der Waals surface area contributed by atoms with Gasteiger partial charge in [0.2, 0.25) is 5.91 Å². The largest absolute Gasteiger partial charge is 0.476 e. The first-order chi connectivity index (χ1) is 9.99. The van der Waals surface area contributed by atoms with E-state index < -0.39 is 23.5 Å². The van der Waals surface area contributed by atoms with E-state index in [1.165, 1.54) is 6.92 Å². The third kappa shape index (κ3) is 3.33. The van der Waals surface area contributed by atoms with Crippen LogP contribution in [0.4, 0.5) is 5.69 Å². The summed E-state index contributed by atoms with van der Waals surface area (Å²) in [4.78, 5) is 34.7. The molecular weight excluding hydrogens is 274 g/mol. The second-order valence-electron chi connectivity index (χ2n) is 4.34. The highest BCUT2D eigenvalue weighted by molar-refractivity contribution is 5.93. The Kier molecular flexibility index (Phi) is 4.13. The molecule has 0 spiro atoms. The summed E-state index contributed by atoms with van der Waals surface area (Å²) < 4.78 is 0.849. The zero-order valence-corrected chi connectivity index (χ0v) is 11.2. The number of carbonyl (C=O) groups is 2. The predicted molar refractivity (Wildman–Crippen MR) is 75.2 cm³/mol. The molecule has 2 aromatic rings. The number of para-hydroxylation sites is 1. The number of anilines is 1. The number of amides is 1. The first-order valence-electron chi connectivity index (χ1n) is 6.18. The topological polar surface area (TPSA) is 101 Å². The standard InChI is InChI=1S/C14H13N3O4/c1-9(13(19)15-10-5-3-2-4-6-10)17-12(18)8-7-11(16-17)14(20)21/h2-9H,1H3,(H,15,19)(H,20,21). The highest BCUT2D eigenvalue weighted by Gasteiger charge is 2.19. The average molecular weight is 287 g/mol. The fourth-order valence-corrected chi connectivity index (χ4v) is 1.70. The van der Waals surface area contributed by atoms with Crippen LogP contribution >= 0.6 is 0 Å². The average Bonchev–Trinajstić information content (AvgIpc) is 2.47. The number of nitrogens with one attached hydrogen (secondary N) is 1. The van der Waals surface area contributed by atoms with Crippen LogP contribution in [-0.2, 0) is 4.79 Å². The molecule has 1 unspecified atom stereocenters. The number of nitrogens with zero attached hydrogens (tertiary/aromatic N) is 2. The SMILES string of the molecule is CC(C(=O)Nc1ccccc1)n1nc(C(=O)O)ccc1=O. The molecule has 0 fully saturated rings. The number of carboxylic acids is 1. The van der Waals surface area contributed by atoms with Crippen LogP contribution in [-0.4, -0.2) is 26.8 Å². The van der Waals surface area contributed by atoms with Gasteiger partial charge in [-0.15, -0.1) is 0 Å². The normalized spacial score (nSPS) is 11.7. The van der Waals surface area contributed by atoms with Gasteiger partial charge >= 0.3 is 5.97 Å². The van der Waals surface area contributed by atoms with Gasteiger partial charge in [-0.3, -0.25) is 9.59 Å². The van der Waals surface area contributed by atoms with Crippen molar-refractivity contribution in [1.82, 2.24) is 9.78 Å². The molecule has 108 valence electrons. The summed E-state index contributed by atoms with van der Waals surface area (Å²) in [6, 6.07) is 9.97. The van der Waals surface area contributed by atoms with Crippen LogP contribution < -0.4 is 10.9 Å². The lowest BCUT2D eigenvalue weighted by atomic mass is 10.2. The molecule has 2 N–H and O–H groups in total. The minimum atomic E-state index is -1.26. The lowest BCUT2D eigenvalue weighted by Gasteiger charge is -2.14. The number of aromatic nitrogens is 2. The second-order valence-corrected chi connectivity index (χ2v) is 4.34. The summed E-state index contributed by atoms with van der Waals surface area (Å²) in [7, 11) is 0. The van der Waals surface area contributed by atoms with Crippen molar-refractivity contribution >= 4 is 17.6 Å². The number of carboxylic acid groups (broad SMARTS) is 1. The molecular formula is C14H13N3O4. The maximum Gasteiger partial charge on any atom is 0.356 e. The Morgan fingerprint density at radius 2 is 1.86 bits per heavy atom. The van der Waals surface area contributed by atoms with Crippen LogP contribution in [0.5, 0.6) is 0 Å². The van der Waals surface area contributed by atoms with Gasteiger partial charge in [-0.1, -0.05) is 18.2 Å². The smallest absolute Gasteiger partial charge is 0.356 e. The third-order valence-corrected chi connectivity index (χ3v) is 2.83. The zero-order chi connectivity index (χ0) is 15.4. The van der Waals surface area contributed by atoms with E-state index in [1.54, 1.807) is 24.3 Å². The summed E-state index contributed by atoms with van der Waals surface area (Å²) in [5.74, 6) is -1.72. The Labute approximate surface area is 119 Å². The number of benzene rings is 1. The molecule has 21 heavy (non-hydrogen) atoms. The van der Waals surface area contributed by atoms with Crippen LogP contribution in [0.3, 0.4) is 0 Å². The van der Waals surface area contributed by atoms with Crippen LogP contribution in [0.25, 0.3) is 0 Å². The molecule has 7 heteroatoms. The highest BCUT2D eigenvalue weighted by Crippen LogP contribution is 2.09. The second kappa shape index (κ2) is 6.00. The van der Waals surface area contributed by atoms with E-state index in [0.29, 0.717) is 5.69 Å². The van der Waals surface area contributed by atoms with Crippen molar-refractivity contribution < 1.29 is 14.7 Å². The first kappa shape index (κ1) is 14.4. The summed E-state index contributed by atoms with van der Waals surface area (Å²) in [6.45, 7) is 1.47. The van der Waals surface area contributed by atoms with Gasteiger partial charge in [-0.2, -0.15) is 5.10 Å². The lowest BCUT2D eigenvalue weighted by Crippen LogP contribution is -2.34. The van der Waals surface area contributed by atoms with E-state index in [2.05, 4.69) is 10.4 Å². The molecule has 0 aliphatic rings. The van der Waals surface area contributed by atoms with E-state index in [0.717, 1.165) is 16.8 Å². The van der Waals surface area contributed by atoms with Crippen LogP contribution in [0.2, 0.25) is 0 Å². The van der Waals surface area contributed by atoms with Crippen molar-refractivity contribution in [2.75, 3.05) is 5.32 Å². The maximum atomic E-state index is 12.1. The molecule has 2 rings (SSSR count). The van der Waals surface area contributed by atoms with Gasteiger partial charge in [-0.25, -0.2) is 9.48 Å². The minimum absolute atomic E-state index is 0.297. The fourth-order valence-electron chi connectivity index (χ4n) is 1.70. The van der Waals surface area contributed by atoms with Gasteiger partial charge < -0.3 is 10.4 Å². The molecule has 0 aliphatic carbocycles. The summed E-state index contributed by atoms with van der Waals surface area (Å²) in [5.41, 5.74) is -0.263. The Morgan fingerprint density at radius 3 is 2.48 bits per heavy atom. The number of hydrogen-bond acceptors (Lipinski definition) is 4. The Morgan fingerprint density at radius 1 is 1.19 bits per heavy atom. The summed E-state index contributed by atoms with van der Waals surface area (Å²) in [5, 5.41) is 15.2. The van der Waals surface area contributed by atoms with Gasteiger partial charge in [0.15, 0.2) is 5.69 Å². The van der Waals surface area contributed by atoms with E-state index in [1.807, 2.05) is 6.07 Å². The third-order valence-electron chi connectivity index (χ3n) is 2.83. The van der Waals surface area contributed by atoms with Crippen molar-refractivity contribution in [3.63, 3.8) is 0 Å². The molecule has 0 radical (unpaired) electrons. The summed E-state index contributed by atoms with van der Waals surface area (Å²) in [6.07, 6.45) is 0. The molecule has 1 amide bonds. The molecule has 1 heterocycles. The van der Waals surface area contributed by atoms with Gasteiger partial charge in [-0.05, 0) is 25.1 Å². The quantitative estimate of drug-likeness (QED) is 0.878. The van der Waals surface area contributed by atoms with Gasteiger partial charge in [0, 0.05) is 11.8 Å². The van der Waals surface area contributed by atoms with E-state index >= 15 is 0 Å². The van der Waals surface area contributed by atoms with Crippen molar-refractivity contribution in [3.8, 4) is 0 Å². The monoisotopic (exact) mass is 287 g/mol. The van der Waals surface area contributed by atoms with Crippen molar-refractivity contribution in [2.45, 2.75) is 13.0 Å². The molecule has 7 nitrogen and oxygen atoms in total. The minimum Gasteiger partial charge on any atom is -0.476 e. The van der Waals surface area contributed by atoms with Crippen LogP contribution in [0.1, 0.15) is 23.5 Å². The summed E-state index contributed by atoms with van der Waals surface area (Å²) >= 11 is 0. The van der Waals surface area contributed by atoms with E-state index in [9.17, 15) is 14.4 Å². The number of rotatable bonds is 4. The number of aromatic carboxylic acids is 1. The Balaban J connectivity index is 2.25. The number of carbonyl (C=O) groups excluding carboxylic acids is 1. The van der Waals surface area contributed by atoms with Crippen molar-refractivity contribution in [3.05, 3.63) is 58.5 Å². The molecule has 0 saturated heterocycles. The Bertz CT molecular complexity index is 724. The van der Waals surface area contributed by atoms with Crippen LogP contribution in [0.15, 0.2) is 47.3 Å². The highest BCUT2D eigenvalue weighted by atomic mass is 16.4. The van der Waals surface area contributed by atoms with E-state index in [4.69, 9.17) is 5.11 Å². The molecule has 0 saturated carbocycles. The van der Waals surface area contributed by atoms with Crippen molar-refractivity contribution in [1.29, 1.82) is 0 Å². The van der Waals surface area contributed by atoms with E-state index in [-0.39, 0.29) is 5.69 Å². The van der Waals surface area contributed by atoms with Crippen LogP contribution in [0, 0.1) is 0 Å². The molecule has 1 aromatic heterocycles. The predicted octanol–water partition coefficient (Wildman–Crippen LogP) is 1.14. The lowest BCUT2D eigenvalue weighted by molar-refractivity contribution is -0.119. The molecule has 1 atom stereocenters. The fraction of sp³-hybridized carbons (Fsp3) is 0.143.